The molecule has 0 aliphatic heterocycles. The number of anilines is 1. The fraction of sp³-hybridized carbons (Fsp3) is 0.300. The van der Waals surface area contributed by atoms with E-state index in [-0.39, 0.29) is 5.91 Å². The standard InChI is InChI=1S/C10H12N4O/c1-6-4-10-11-7(2)13-14(10)5-9(6)12-8(3)15/h4-5H,1-3H3,(H,12,15). The maximum atomic E-state index is 11.0. The molecule has 0 fully saturated rings. The van der Waals surface area contributed by atoms with Crippen LogP contribution in [0.15, 0.2) is 12.3 Å². The number of carbonyl (C=O) groups is 1. The monoisotopic (exact) mass is 204 g/mol. The lowest BCUT2D eigenvalue weighted by Gasteiger charge is -2.05. The molecule has 0 radical (unpaired) electrons. The van der Waals surface area contributed by atoms with Crippen molar-refractivity contribution in [2.45, 2.75) is 20.8 Å². The van der Waals surface area contributed by atoms with E-state index in [1.165, 1.54) is 6.92 Å². The molecule has 1 N–H and O–H groups in total. The van der Waals surface area contributed by atoms with Crippen molar-refractivity contribution in [3.05, 3.63) is 23.7 Å². The summed E-state index contributed by atoms with van der Waals surface area (Å²) in [6.07, 6.45) is 1.77. The number of rotatable bonds is 1. The SMILES string of the molecule is CC(=O)Nc1cn2nc(C)nc2cc1C. The smallest absolute Gasteiger partial charge is 0.221 e. The van der Waals surface area contributed by atoms with Crippen molar-refractivity contribution in [2.24, 2.45) is 0 Å². The Morgan fingerprint density at radius 3 is 2.87 bits per heavy atom. The predicted octanol–water partition coefficient (Wildman–Crippen LogP) is 1.30. The molecule has 0 saturated carbocycles. The fourth-order valence-corrected chi connectivity index (χ4v) is 1.46. The van der Waals surface area contributed by atoms with Crippen molar-refractivity contribution >= 4 is 17.2 Å². The zero-order chi connectivity index (χ0) is 11.0. The van der Waals surface area contributed by atoms with Crippen molar-refractivity contribution in [1.29, 1.82) is 0 Å². The fourth-order valence-electron chi connectivity index (χ4n) is 1.46. The van der Waals surface area contributed by atoms with Crippen LogP contribution in [0.3, 0.4) is 0 Å². The van der Waals surface area contributed by atoms with E-state index in [4.69, 9.17) is 0 Å². The van der Waals surface area contributed by atoms with Gasteiger partial charge in [-0.15, -0.1) is 0 Å². The van der Waals surface area contributed by atoms with Crippen LogP contribution in [0, 0.1) is 13.8 Å². The Labute approximate surface area is 87.1 Å². The number of nitrogens with zero attached hydrogens (tertiary/aromatic N) is 3. The maximum absolute atomic E-state index is 11.0. The summed E-state index contributed by atoms with van der Waals surface area (Å²) in [5, 5.41) is 6.92. The Morgan fingerprint density at radius 1 is 1.47 bits per heavy atom. The molecule has 0 unspecified atom stereocenters. The normalized spacial score (nSPS) is 10.6. The van der Waals surface area contributed by atoms with E-state index in [9.17, 15) is 4.79 Å². The molecular weight excluding hydrogens is 192 g/mol. The van der Waals surface area contributed by atoms with Gasteiger partial charge in [0.25, 0.3) is 0 Å². The number of hydrogen-bond acceptors (Lipinski definition) is 3. The van der Waals surface area contributed by atoms with Crippen molar-refractivity contribution < 1.29 is 4.79 Å². The molecule has 0 aromatic carbocycles. The van der Waals surface area contributed by atoms with Crippen LogP contribution in [0.5, 0.6) is 0 Å². The van der Waals surface area contributed by atoms with E-state index in [2.05, 4.69) is 15.4 Å². The summed E-state index contributed by atoms with van der Waals surface area (Å²) < 4.78 is 1.66. The van der Waals surface area contributed by atoms with Gasteiger partial charge in [0.2, 0.25) is 5.91 Å². The highest BCUT2D eigenvalue weighted by Crippen LogP contribution is 2.15. The third-order valence-electron chi connectivity index (χ3n) is 2.10. The van der Waals surface area contributed by atoms with Gasteiger partial charge in [-0.2, -0.15) is 5.10 Å². The molecule has 5 heteroatoms. The molecular formula is C10H12N4O. The molecule has 78 valence electrons. The molecule has 15 heavy (non-hydrogen) atoms. The molecule has 0 aliphatic rings. The number of fused-ring (bicyclic) bond motifs is 1. The Hall–Kier alpha value is -1.91. The highest BCUT2D eigenvalue weighted by Gasteiger charge is 2.05. The summed E-state index contributed by atoms with van der Waals surface area (Å²) in [7, 11) is 0. The molecule has 0 bridgehead atoms. The summed E-state index contributed by atoms with van der Waals surface area (Å²) in [6, 6.07) is 1.89. The average molecular weight is 204 g/mol. The third-order valence-corrected chi connectivity index (χ3v) is 2.10. The van der Waals surface area contributed by atoms with Crippen molar-refractivity contribution in [1.82, 2.24) is 14.6 Å². The lowest BCUT2D eigenvalue weighted by atomic mass is 10.2. The Balaban J connectivity index is 2.55. The van der Waals surface area contributed by atoms with Gasteiger partial charge in [-0.3, -0.25) is 4.79 Å². The summed E-state index contributed by atoms with van der Waals surface area (Å²) >= 11 is 0. The second-order valence-corrected chi connectivity index (χ2v) is 3.51. The van der Waals surface area contributed by atoms with Gasteiger partial charge in [0.05, 0.1) is 11.9 Å². The van der Waals surface area contributed by atoms with E-state index in [0.29, 0.717) is 0 Å². The van der Waals surface area contributed by atoms with Crippen LogP contribution in [-0.4, -0.2) is 20.5 Å². The lowest BCUT2D eigenvalue weighted by Crippen LogP contribution is -2.08. The first-order valence-electron chi connectivity index (χ1n) is 4.67. The van der Waals surface area contributed by atoms with Crippen LogP contribution in [0.25, 0.3) is 5.65 Å². The number of amides is 1. The van der Waals surface area contributed by atoms with Crippen LogP contribution in [0.2, 0.25) is 0 Å². The predicted molar refractivity (Wildman–Crippen MR) is 56.8 cm³/mol. The lowest BCUT2D eigenvalue weighted by molar-refractivity contribution is -0.114. The van der Waals surface area contributed by atoms with Crippen LogP contribution < -0.4 is 5.32 Å². The molecule has 0 atom stereocenters. The first kappa shape index (κ1) is 9.64. The van der Waals surface area contributed by atoms with Gasteiger partial charge in [-0.25, -0.2) is 9.50 Å². The Kier molecular flexibility index (Phi) is 2.15. The molecule has 0 aliphatic carbocycles. The van der Waals surface area contributed by atoms with Gasteiger partial charge in [-0.1, -0.05) is 0 Å². The number of hydrogen-bond donors (Lipinski definition) is 1. The van der Waals surface area contributed by atoms with Crippen molar-refractivity contribution in [3.63, 3.8) is 0 Å². The van der Waals surface area contributed by atoms with Crippen molar-refractivity contribution in [2.75, 3.05) is 5.32 Å². The van der Waals surface area contributed by atoms with E-state index in [1.54, 1.807) is 10.7 Å². The van der Waals surface area contributed by atoms with E-state index < -0.39 is 0 Å². The van der Waals surface area contributed by atoms with Crippen LogP contribution >= 0.6 is 0 Å². The van der Waals surface area contributed by atoms with Crippen molar-refractivity contribution in [3.8, 4) is 0 Å². The van der Waals surface area contributed by atoms with Gasteiger partial charge in [-0.05, 0) is 25.5 Å². The average Bonchev–Trinajstić information content (AvgIpc) is 2.44. The zero-order valence-corrected chi connectivity index (χ0v) is 8.90. The Morgan fingerprint density at radius 2 is 2.20 bits per heavy atom. The minimum absolute atomic E-state index is 0.0886. The number of aromatic nitrogens is 3. The number of pyridine rings is 1. The second kappa shape index (κ2) is 3.34. The zero-order valence-electron chi connectivity index (χ0n) is 8.90. The van der Waals surface area contributed by atoms with Gasteiger partial charge < -0.3 is 5.32 Å². The number of nitrogens with one attached hydrogen (secondary N) is 1. The highest BCUT2D eigenvalue weighted by molar-refractivity contribution is 5.89. The van der Waals surface area contributed by atoms with Gasteiger partial charge in [0.15, 0.2) is 5.65 Å². The van der Waals surface area contributed by atoms with Crippen LogP contribution in [0.4, 0.5) is 5.69 Å². The summed E-state index contributed by atoms with van der Waals surface area (Å²) in [6.45, 7) is 5.24. The third kappa shape index (κ3) is 1.81. The van der Waals surface area contributed by atoms with E-state index in [1.807, 2.05) is 19.9 Å². The van der Waals surface area contributed by atoms with Crippen LogP contribution in [0.1, 0.15) is 18.3 Å². The van der Waals surface area contributed by atoms with Crippen LogP contribution in [-0.2, 0) is 4.79 Å². The second-order valence-electron chi connectivity index (χ2n) is 3.51. The summed E-state index contributed by atoms with van der Waals surface area (Å²) in [5.74, 6) is 0.628. The molecule has 0 saturated heterocycles. The molecule has 5 nitrogen and oxygen atoms in total. The number of aryl methyl sites for hydroxylation is 2. The minimum Gasteiger partial charge on any atom is -0.325 e. The summed E-state index contributed by atoms with van der Waals surface area (Å²) in [5.41, 5.74) is 2.53. The molecule has 0 spiro atoms. The first-order valence-corrected chi connectivity index (χ1v) is 4.67. The van der Waals surface area contributed by atoms with Gasteiger partial charge >= 0.3 is 0 Å². The quantitative estimate of drug-likeness (QED) is 0.761. The van der Waals surface area contributed by atoms with Gasteiger partial charge in [0, 0.05) is 6.92 Å². The topological polar surface area (TPSA) is 59.3 Å². The highest BCUT2D eigenvalue weighted by atomic mass is 16.1. The Bertz CT molecular complexity index is 529. The molecule has 2 heterocycles. The molecule has 1 amide bonds. The first-order chi connectivity index (χ1) is 7.06. The van der Waals surface area contributed by atoms with E-state index in [0.717, 1.165) is 22.7 Å². The minimum atomic E-state index is -0.0886. The molecule has 2 aromatic heterocycles. The maximum Gasteiger partial charge on any atom is 0.221 e. The molecule has 2 rings (SSSR count). The molecule has 2 aromatic rings. The largest absolute Gasteiger partial charge is 0.325 e. The van der Waals surface area contributed by atoms with E-state index >= 15 is 0 Å². The number of carbonyl (C=O) groups excluding carboxylic acids is 1. The van der Waals surface area contributed by atoms with Gasteiger partial charge in [0.1, 0.15) is 5.82 Å². The summed E-state index contributed by atoms with van der Waals surface area (Å²) in [4.78, 5) is 15.2.